The zero-order valence-corrected chi connectivity index (χ0v) is 10.4. The Morgan fingerprint density at radius 1 is 1.13 bits per heavy atom. The number of rotatable bonds is 1. The molecular formula is C14H24O. The maximum Gasteiger partial charge on any atom is 0.123 e. The Morgan fingerprint density at radius 3 is 2.53 bits per heavy atom. The summed E-state index contributed by atoms with van der Waals surface area (Å²) in [6.07, 6.45) is 8.81. The van der Waals surface area contributed by atoms with Crippen molar-refractivity contribution in [2.24, 2.45) is 22.7 Å². The zero-order chi connectivity index (χ0) is 11.1. The third-order valence-corrected chi connectivity index (χ3v) is 5.10. The van der Waals surface area contributed by atoms with Crippen molar-refractivity contribution in [1.82, 2.24) is 0 Å². The first-order valence-corrected chi connectivity index (χ1v) is 6.43. The summed E-state index contributed by atoms with van der Waals surface area (Å²) in [6, 6.07) is 0. The van der Waals surface area contributed by atoms with Crippen LogP contribution in [0.1, 0.15) is 59.3 Å². The van der Waals surface area contributed by atoms with E-state index in [0.717, 1.165) is 18.8 Å². The minimum atomic E-state index is 0.347. The Labute approximate surface area is 93.6 Å². The fourth-order valence-electron chi connectivity index (χ4n) is 4.42. The van der Waals surface area contributed by atoms with Gasteiger partial charge in [0.2, 0.25) is 0 Å². The molecule has 0 bridgehead atoms. The van der Waals surface area contributed by atoms with Crippen LogP contribution in [-0.2, 0) is 4.79 Å². The molecule has 0 aliphatic heterocycles. The van der Waals surface area contributed by atoms with Gasteiger partial charge in [-0.3, -0.25) is 0 Å². The molecule has 2 aliphatic carbocycles. The standard InChI is InChI=1S/C14H24O/c1-13(2)7-4-8-14(3)9-11(10-15)5-6-12(13)14/h10-12H,4-9H2,1-3H3. The van der Waals surface area contributed by atoms with Crippen molar-refractivity contribution in [3.8, 4) is 0 Å². The van der Waals surface area contributed by atoms with Crippen molar-refractivity contribution < 1.29 is 4.79 Å². The van der Waals surface area contributed by atoms with Crippen molar-refractivity contribution in [3.05, 3.63) is 0 Å². The van der Waals surface area contributed by atoms with E-state index in [1.807, 2.05) is 0 Å². The van der Waals surface area contributed by atoms with E-state index < -0.39 is 0 Å². The molecule has 2 saturated carbocycles. The van der Waals surface area contributed by atoms with Gasteiger partial charge in [0.1, 0.15) is 6.29 Å². The van der Waals surface area contributed by atoms with E-state index >= 15 is 0 Å². The van der Waals surface area contributed by atoms with E-state index in [0.29, 0.717) is 16.7 Å². The van der Waals surface area contributed by atoms with Crippen molar-refractivity contribution in [2.45, 2.75) is 59.3 Å². The quantitative estimate of drug-likeness (QED) is 0.599. The van der Waals surface area contributed by atoms with Gasteiger partial charge in [-0.2, -0.15) is 0 Å². The summed E-state index contributed by atoms with van der Waals surface area (Å²) >= 11 is 0. The molecule has 3 unspecified atom stereocenters. The second-order valence-corrected chi connectivity index (χ2v) is 6.73. The van der Waals surface area contributed by atoms with Crippen LogP contribution in [0.3, 0.4) is 0 Å². The average molecular weight is 208 g/mol. The van der Waals surface area contributed by atoms with Crippen molar-refractivity contribution in [3.63, 3.8) is 0 Å². The number of hydrogen-bond donors (Lipinski definition) is 0. The van der Waals surface area contributed by atoms with Crippen molar-refractivity contribution in [1.29, 1.82) is 0 Å². The number of carbonyl (C=O) groups is 1. The number of aldehydes is 1. The molecule has 0 aromatic carbocycles. The molecule has 3 atom stereocenters. The molecule has 0 aromatic rings. The summed E-state index contributed by atoms with van der Waals surface area (Å²) in [7, 11) is 0. The molecule has 0 aromatic heterocycles. The predicted molar refractivity (Wildman–Crippen MR) is 62.6 cm³/mol. The van der Waals surface area contributed by atoms with Crippen LogP contribution in [0.25, 0.3) is 0 Å². The monoisotopic (exact) mass is 208 g/mol. The number of fused-ring (bicyclic) bond motifs is 1. The van der Waals surface area contributed by atoms with Gasteiger partial charge in [-0.15, -0.1) is 0 Å². The van der Waals surface area contributed by atoms with Gasteiger partial charge in [0.15, 0.2) is 0 Å². The molecule has 0 radical (unpaired) electrons. The summed E-state index contributed by atoms with van der Waals surface area (Å²) in [5, 5.41) is 0. The first-order chi connectivity index (χ1) is 6.98. The Hall–Kier alpha value is -0.330. The highest BCUT2D eigenvalue weighted by Gasteiger charge is 2.49. The molecule has 2 rings (SSSR count). The fourth-order valence-corrected chi connectivity index (χ4v) is 4.42. The van der Waals surface area contributed by atoms with E-state index in [9.17, 15) is 4.79 Å². The zero-order valence-electron chi connectivity index (χ0n) is 10.4. The molecule has 1 heteroatoms. The van der Waals surface area contributed by atoms with Crippen LogP contribution in [0, 0.1) is 22.7 Å². The maximum absolute atomic E-state index is 10.9. The van der Waals surface area contributed by atoms with Crippen LogP contribution >= 0.6 is 0 Å². The lowest BCUT2D eigenvalue weighted by Crippen LogP contribution is -2.46. The summed E-state index contributed by atoms with van der Waals surface area (Å²) in [5.41, 5.74) is 0.951. The van der Waals surface area contributed by atoms with Crippen LogP contribution in [0.2, 0.25) is 0 Å². The summed E-state index contributed by atoms with van der Waals surface area (Å²) in [6.45, 7) is 7.28. The number of hydrogen-bond acceptors (Lipinski definition) is 1. The molecule has 86 valence electrons. The van der Waals surface area contributed by atoms with Gasteiger partial charge in [0, 0.05) is 5.92 Å². The predicted octanol–water partition coefficient (Wildman–Crippen LogP) is 3.82. The summed E-state index contributed by atoms with van der Waals surface area (Å²) in [5.74, 6) is 1.19. The molecular weight excluding hydrogens is 184 g/mol. The summed E-state index contributed by atoms with van der Waals surface area (Å²) in [4.78, 5) is 10.9. The third kappa shape index (κ3) is 1.86. The second kappa shape index (κ2) is 3.61. The van der Waals surface area contributed by atoms with Crippen LogP contribution in [-0.4, -0.2) is 6.29 Å². The molecule has 15 heavy (non-hydrogen) atoms. The van der Waals surface area contributed by atoms with E-state index in [-0.39, 0.29) is 0 Å². The van der Waals surface area contributed by atoms with E-state index in [1.54, 1.807) is 0 Å². The number of carbonyl (C=O) groups excluding carboxylic acids is 1. The minimum Gasteiger partial charge on any atom is -0.303 e. The molecule has 0 saturated heterocycles. The van der Waals surface area contributed by atoms with Crippen LogP contribution < -0.4 is 0 Å². The van der Waals surface area contributed by atoms with Gasteiger partial charge >= 0.3 is 0 Å². The van der Waals surface area contributed by atoms with Gasteiger partial charge in [-0.1, -0.05) is 27.2 Å². The molecule has 0 spiro atoms. The van der Waals surface area contributed by atoms with Crippen LogP contribution in [0.15, 0.2) is 0 Å². The van der Waals surface area contributed by atoms with Gasteiger partial charge in [-0.25, -0.2) is 0 Å². The van der Waals surface area contributed by atoms with Crippen LogP contribution in [0.5, 0.6) is 0 Å². The molecule has 1 nitrogen and oxygen atoms in total. The van der Waals surface area contributed by atoms with E-state index in [2.05, 4.69) is 20.8 Å². The van der Waals surface area contributed by atoms with E-state index in [1.165, 1.54) is 32.0 Å². The lowest BCUT2D eigenvalue weighted by molar-refractivity contribution is -0.117. The molecule has 2 aliphatic rings. The average Bonchev–Trinajstić information content (AvgIpc) is 2.15. The fraction of sp³-hybridized carbons (Fsp3) is 0.929. The van der Waals surface area contributed by atoms with Gasteiger partial charge in [0.05, 0.1) is 0 Å². The Balaban J connectivity index is 2.20. The Bertz CT molecular complexity index is 256. The molecule has 0 heterocycles. The molecule has 2 fully saturated rings. The van der Waals surface area contributed by atoms with E-state index in [4.69, 9.17) is 0 Å². The smallest absolute Gasteiger partial charge is 0.123 e. The molecule has 0 amide bonds. The normalized spacial score (nSPS) is 44.5. The van der Waals surface area contributed by atoms with Gasteiger partial charge in [0.25, 0.3) is 0 Å². The largest absolute Gasteiger partial charge is 0.303 e. The topological polar surface area (TPSA) is 17.1 Å². The molecule has 0 N–H and O–H groups in total. The van der Waals surface area contributed by atoms with Gasteiger partial charge in [-0.05, 0) is 48.9 Å². The first-order valence-electron chi connectivity index (χ1n) is 6.43. The van der Waals surface area contributed by atoms with Crippen molar-refractivity contribution >= 4 is 6.29 Å². The summed E-state index contributed by atoms with van der Waals surface area (Å²) < 4.78 is 0. The highest BCUT2D eigenvalue weighted by atomic mass is 16.1. The Morgan fingerprint density at radius 2 is 1.87 bits per heavy atom. The SMILES string of the molecule is CC1(C)CCCC2(C)CC(C=O)CCC12. The maximum atomic E-state index is 10.9. The first kappa shape index (κ1) is 11.2. The Kier molecular flexibility index (Phi) is 2.68. The minimum absolute atomic E-state index is 0.347. The van der Waals surface area contributed by atoms with Gasteiger partial charge < -0.3 is 4.79 Å². The lowest BCUT2D eigenvalue weighted by Gasteiger charge is -2.54. The highest BCUT2D eigenvalue weighted by Crippen LogP contribution is 2.58. The van der Waals surface area contributed by atoms with Crippen molar-refractivity contribution in [2.75, 3.05) is 0 Å². The third-order valence-electron chi connectivity index (χ3n) is 5.10. The highest BCUT2D eigenvalue weighted by molar-refractivity contribution is 5.53. The lowest BCUT2D eigenvalue weighted by atomic mass is 9.50. The van der Waals surface area contributed by atoms with Crippen LogP contribution in [0.4, 0.5) is 0 Å². The second-order valence-electron chi connectivity index (χ2n) is 6.73.